The summed E-state index contributed by atoms with van der Waals surface area (Å²) >= 11 is 0. The predicted octanol–water partition coefficient (Wildman–Crippen LogP) is -2.69. The van der Waals surface area contributed by atoms with Crippen LogP contribution in [-0.2, 0) is 6.54 Å². The number of pyridine rings is 1. The maximum absolute atomic E-state index is 10.5. The number of aromatic nitrogens is 1. The molecule has 1 rings (SSSR count). The predicted molar refractivity (Wildman–Crippen MR) is 42.4 cm³/mol. The molecule has 0 unspecified atom stereocenters. The summed E-state index contributed by atoms with van der Waals surface area (Å²) in [5, 5.41) is 8.61. The van der Waals surface area contributed by atoms with Crippen molar-refractivity contribution in [3.63, 3.8) is 0 Å². The fourth-order valence-corrected chi connectivity index (χ4v) is 0.852. The molecule has 68 valence electrons. The molecular weight excluding hydrogens is 173 g/mol. The molecule has 0 saturated heterocycles. The summed E-state index contributed by atoms with van der Waals surface area (Å²) in [6.07, 6.45) is 8.30. The third-order valence-corrected chi connectivity index (χ3v) is 1.38. The fourth-order valence-electron chi connectivity index (χ4n) is 0.852. The summed E-state index contributed by atoms with van der Waals surface area (Å²) in [7, 11) is 0. The Morgan fingerprint density at radius 3 is 2.92 bits per heavy atom. The van der Waals surface area contributed by atoms with E-state index in [-0.39, 0.29) is 10.3 Å². The van der Waals surface area contributed by atoms with Crippen molar-refractivity contribution in [1.29, 1.82) is 0 Å². The van der Waals surface area contributed by atoms with Gasteiger partial charge < -0.3 is 9.81 Å². The molecule has 3 nitrogen and oxygen atoms in total. The van der Waals surface area contributed by atoms with Gasteiger partial charge in [0.25, 0.3) is 0 Å². The minimum atomic E-state index is -0.943. The van der Waals surface area contributed by atoms with Crippen molar-refractivity contribution in [2.45, 2.75) is 6.54 Å². The van der Waals surface area contributed by atoms with E-state index in [9.17, 15) is 4.79 Å². The number of aromatic carboxylic acids is 1. The van der Waals surface area contributed by atoms with E-state index < -0.39 is 5.97 Å². The summed E-state index contributed by atoms with van der Waals surface area (Å²) in [5.74, 6) is 1.48. The molecule has 0 aromatic carbocycles. The van der Waals surface area contributed by atoms with E-state index in [1.165, 1.54) is 12.3 Å². The Morgan fingerprint density at radius 2 is 2.38 bits per heavy atom. The van der Waals surface area contributed by atoms with Gasteiger partial charge in [-0.25, -0.2) is 4.79 Å². The van der Waals surface area contributed by atoms with E-state index in [1.807, 2.05) is 0 Å². The van der Waals surface area contributed by atoms with Crippen molar-refractivity contribution in [2.24, 2.45) is 0 Å². The Kier molecular flexibility index (Phi) is 4.17. The van der Waals surface area contributed by atoms with Gasteiger partial charge in [-0.2, -0.15) is 4.57 Å². The van der Waals surface area contributed by atoms with Crippen LogP contribution < -0.4 is 9.27 Å². The van der Waals surface area contributed by atoms with Crippen LogP contribution in [0.4, 0.5) is 0 Å². The van der Waals surface area contributed by atoms with Crippen LogP contribution in [0, 0.1) is 12.3 Å². The summed E-state index contributed by atoms with van der Waals surface area (Å²) in [5.41, 5.74) is 0.243. The van der Waals surface area contributed by atoms with Crippen molar-refractivity contribution in [3.05, 3.63) is 30.1 Å². The Labute approximate surface area is 75.0 Å². The van der Waals surface area contributed by atoms with Gasteiger partial charge >= 0.3 is 5.97 Å². The summed E-state index contributed by atoms with van der Waals surface area (Å²) in [6, 6.07) is 3.18. The number of halogens is 1. The molecule has 0 atom stereocenters. The lowest BCUT2D eigenvalue weighted by Gasteiger charge is -1.91. The zero-order chi connectivity index (χ0) is 8.97. The van der Waals surface area contributed by atoms with Crippen LogP contribution in [0.15, 0.2) is 24.5 Å². The van der Waals surface area contributed by atoms with Crippen molar-refractivity contribution < 1.29 is 19.2 Å². The zero-order valence-corrected chi connectivity index (χ0v) is 6.77. The minimum absolute atomic E-state index is 0. The first-order valence-corrected chi connectivity index (χ1v) is 3.40. The maximum Gasteiger partial charge on any atom is 0.341 e. The molecule has 1 heterocycles. The van der Waals surface area contributed by atoms with Crippen LogP contribution in [0.25, 0.3) is 0 Å². The molecule has 1 N–H and O–H groups in total. The summed E-state index contributed by atoms with van der Waals surface area (Å²) in [4.78, 5) is 10.5. The molecule has 13 heavy (non-hydrogen) atoms. The minimum Gasteiger partial charge on any atom is -1.00 e. The molecule has 1 aromatic rings. The lowest BCUT2D eigenvalue weighted by atomic mass is 10.3. The SMILES string of the molecule is C#CC[n+]1cccc(C(=O)O)c1.[F-]. The standard InChI is InChI=1S/C9H7NO2.FH/c1-2-5-10-6-3-4-8(7-10)9(11)12;/h1,3-4,6-7H,5H2;1H. The number of nitrogens with zero attached hydrogens (tertiary/aromatic N) is 1. The van der Waals surface area contributed by atoms with E-state index in [2.05, 4.69) is 5.92 Å². The molecule has 0 bridgehead atoms. The summed E-state index contributed by atoms with van der Waals surface area (Å²) in [6.45, 7) is 0.390. The van der Waals surface area contributed by atoms with Crippen LogP contribution >= 0.6 is 0 Å². The second-order valence-corrected chi connectivity index (χ2v) is 2.27. The molecule has 0 aliphatic rings. The van der Waals surface area contributed by atoms with Gasteiger partial charge in [0.15, 0.2) is 12.4 Å². The van der Waals surface area contributed by atoms with E-state index in [4.69, 9.17) is 11.5 Å². The first-order valence-electron chi connectivity index (χ1n) is 3.40. The highest BCUT2D eigenvalue weighted by atomic mass is 19.0. The number of rotatable bonds is 2. The first kappa shape index (κ1) is 11.1. The Balaban J connectivity index is 0.00000144. The van der Waals surface area contributed by atoms with E-state index in [0.717, 1.165) is 0 Å². The molecule has 0 amide bonds. The van der Waals surface area contributed by atoms with E-state index in [0.29, 0.717) is 6.54 Å². The van der Waals surface area contributed by atoms with Gasteiger partial charge in [0.1, 0.15) is 5.56 Å². The van der Waals surface area contributed by atoms with Crippen LogP contribution in [0.3, 0.4) is 0 Å². The van der Waals surface area contributed by atoms with Crippen molar-refractivity contribution in [1.82, 2.24) is 0 Å². The number of hydrogen-bond acceptors (Lipinski definition) is 1. The lowest BCUT2D eigenvalue weighted by Crippen LogP contribution is -3.00. The second kappa shape index (κ2) is 4.88. The average molecular weight is 181 g/mol. The van der Waals surface area contributed by atoms with Crippen molar-refractivity contribution >= 4 is 5.97 Å². The third kappa shape index (κ3) is 2.91. The molecule has 4 heteroatoms. The van der Waals surface area contributed by atoms with Crippen molar-refractivity contribution in [3.8, 4) is 12.3 Å². The lowest BCUT2D eigenvalue weighted by molar-refractivity contribution is -0.684. The average Bonchev–Trinajstić information content (AvgIpc) is 2.05. The van der Waals surface area contributed by atoms with E-state index >= 15 is 0 Å². The molecule has 0 saturated carbocycles. The molecule has 0 aliphatic heterocycles. The van der Waals surface area contributed by atoms with Crippen LogP contribution in [-0.4, -0.2) is 11.1 Å². The van der Waals surface area contributed by atoms with Gasteiger partial charge in [-0.3, -0.25) is 0 Å². The molecule has 0 aliphatic carbocycles. The number of carboxylic acids is 1. The quantitative estimate of drug-likeness (QED) is 0.399. The largest absolute Gasteiger partial charge is 1.00 e. The number of hydrogen-bond donors (Lipinski definition) is 1. The second-order valence-electron chi connectivity index (χ2n) is 2.27. The van der Waals surface area contributed by atoms with Crippen LogP contribution in [0.2, 0.25) is 0 Å². The molecular formula is C9H8FNO2. The van der Waals surface area contributed by atoms with E-state index in [1.54, 1.807) is 16.8 Å². The van der Waals surface area contributed by atoms with Gasteiger partial charge in [0.05, 0.1) is 0 Å². The van der Waals surface area contributed by atoms with Gasteiger partial charge in [-0.1, -0.05) is 0 Å². The molecule has 0 fully saturated rings. The Bertz CT molecular complexity index is 344. The van der Waals surface area contributed by atoms with Crippen LogP contribution in [0.5, 0.6) is 0 Å². The first-order chi connectivity index (χ1) is 5.74. The highest BCUT2D eigenvalue weighted by molar-refractivity contribution is 5.86. The molecule has 1 aromatic heterocycles. The number of carbonyl (C=O) groups is 1. The Morgan fingerprint density at radius 1 is 1.69 bits per heavy atom. The smallest absolute Gasteiger partial charge is 0.341 e. The maximum atomic E-state index is 10.5. The van der Waals surface area contributed by atoms with Gasteiger partial charge in [-0.05, 0) is 12.0 Å². The van der Waals surface area contributed by atoms with Gasteiger partial charge in [0.2, 0.25) is 6.54 Å². The normalized spacial score (nSPS) is 8.23. The monoisotopic (exact) mass is 181 g/mol. The fraction of sp³-hybridized carbons (Fsp3) is 0.111. The molecule has 0 spiro atoms. The summed E-state index contributed by atoms with van der Waals surface area (Å²) < 4.78 is 1.64. The zero-order valence-electron chi connectivity index (χ0n) is 6.77. The van der Waals surface area contributed by atoms with Gasteiger partial charge in [-0.15, -0.1) is 6.42 Å². The number of carboxylic acid groups (broad SMARTS) is 1. The Hall–Kier alpha value is -1.89. The topological polar surface area (TPSA) is 41.2 Å². The van der Waals surface area contributed by atoms with Gasteiger partial charge in [0, 0.05) is 6.07 Å². The third-order valence-electron chi connectivity index (χ3n) is 1.38. The van der Waals surface area contributed by atoms with Crippen LogP contribution in [0.1, 0.15) is 10.4 Å². The highest BCUT2D eigenvalue weighted by Crippen LogP contribution is 1.92. The van der Waals surface area contributed by atoms with Crippen molar-refractivity contribution in [2.75, 3.05) is 0 Å². The highest BCUT2D eigenvalue weighted by Gasteiger charge is 2.06. The molecule has 0 radical (unpaired) electrons. The number of terminal acetylenes is 1.